The molecule has 3 heteroatoms. The van der Waals surface area contributed by atoms with Crippen molar-refractivity contribution < 1.29 is 4.79 Å². The van der Waals surface area contributed by atoms with Crippen molar-refractivity contribution >= 4 is 11.7 Å². The van der Waals surface area contributed by atoms with E-state index in [0.717, 1.165) is 17.7 Å². The first-order chi connectivity index (χ1) is 7.63. The monoisotopic (exact) mass is 218 g/mol. The zero-order chi connectivity index (χ0) is 12.0. The Morgan fingerprint density at radius 2 is 2.12 bits per heavy atom. The Morgan fingerprint density at radius 3 is 2.75 bits per heavy atom. The number of hydrogen-bond donors (Lipinski definition) is 2. The maximum absolute atomic E-state index is 11.5. The van der Waals surface area contributed by atoms with E-state index in [0.29, 0.717) is 0 Å². The number of benzene rings is 1. The second-order valence-corrected chi connectivity index (χ2v) is 3.73. The lowest BCUT2D eigenvalue weighted by atomic mass is 10.1. The van der Waals surface area contributed by atoms with Gasteiger partial charge in [0, 0.05) is 11.9 Å². The third-order valence-corrected chi connectivity index (χ3v) is 2.20. The summed E-state index contributed by atoms with van der Waals surface area (Å²) in [6, 6.07) is 5.71. The molecule has 0 aliphatic rings. The molecule has 86 valence electrons. The van der Waals surface area contributed by atoms with Gasteiger partial charge in [-0.25, -0.2) is 4.79 Å². The van der Waals surface area contributed by atoms with Crippen LogP contribution in [0.15, 0.2) is 30.5 Å². The number of amides is 2. The molecule has 0 unspecified atom stereocenters. The summed E-state index contributed by atoms with van der Waals surface area (Å²) in [6.45, 7) is 6.02. The molecule has 0 saturated carbocycles. The van der Waals surface area contributed by atoms with Crippen molar-refractivity contribution in [2.75, 3.05) is 5.32 Å². The Balaban J connectivity index is 2.59. The van der Waals surface area contributed by atoms with E-state index in [2.05, 4.69) is 10.6 Å². The van der Waals surface area contributed by atoms with Crippen LogP contribution in [0.4, 0.5) is 10.5 Å². The van der Waals surface area contributed by atoms with E-state index in [-0.39, 0.29) is 6.03 Å². The highest BCUT2D eigenvalue weighted by atomic mass is 16.2. The zero-order valence-electron chi connectivity index (χ0n) is 10.0. The van der Waals surface area contributed by atoms with Gasteiger partial charge in [0.25, 0.3) is 0 Å². The Labute approximate surface area is 96.6 Å². The average molecular weight is 218 g/mol. The molecule has 2 amide bonds. The third kappa shape index (κ3) is 3.77. The molecular formula is C13H18N2O. The van der Waals surface area contributed by atoms with Crippen LogP contribution in [-0.2, 0) is 0 Å². The highest BCUT2D eigenvalue weighted by Crippen LogP contribution is 2.15. The maximum atomic E-state index is 11.5. The van der Waals surface area contributed by atoms with Crippen molar-refractivity contribution in [3.05, 3.63) is 41.6 Å². The van der Waals surface area contributed by atoms with E-state index < -0.39 is 0 Å². The molecule has 0 aliphatic carbocycles. The van der Waals surface area contributed by atoms with Gasteiger partial charge in [0.05, 0.1) is 0 Å². The molecule has 0 spiro atoms. The first kappa shape index (κ1) is 12.3. The van der Waals surface area contributed by atoms with Crippen LogP contribution < -0.4 is 10.6 Å². The van der Waals surface area contributed by atoms with Crippen LogP contribution in [0.3, 0.4) is 0 Å². The number of rotatable bonds is 3. The van der Waals surface area contributed by atoms with Gasteiger partial charge in [0.1, 0.15) is 0 Å². The minimum atomic E-state index is -0.211. The van der Waals surface area contributed by atoms with Crippen LogP contribution in [0.5, 0.6) is 0 Å². The van der Waals surface area contributed by atoms with E-state index in [1.807, 2.05) is 45.0 Å². The quantitative estimate of drug-likeness (QED) is 0.802. The summed E-state index contributed by atoms with van der Waals surface area (Å²) in [5.41, 5.74) is 3.09. The molecule has 1 aromatic carbocycles. The van der Waals surface area contributed by atoms with Crippen molar-refractivity contribution in [2.45, 2.75) is 27.2 Å². The summed E-state index contributed by atoms with van der Waals surface area (Å²) >= 11 is 0. The van der Waals surface area contributed by atoms with Gasteiger partial charge in [-0.15, -0.1) is 0 Å². The van der Waals surface area contributed by atoms with Crippen molar-refractivity contribution in [2.24, 2.45) is 0 Å². The fourth-order valence-electron chi connectivity index (χ4n) is 1.36. The number of hydrogen-bond acceptors (Lipinski definition) is 1. The molecule has 0 aromatic heterocycles. The van der Waals surface area contributed by atoms with Crippen molar-refractivity contribution in [3.8, 4) is 0 Å². The lowest BCUT2D eigenvalue weighted by molar-refractivity contribution is 0.255. The Kier molecular flexibility index (Phi) is 4.58. The summed E-state index contributed by atoms with van der Waals surface area (Å²) in [4.78, 5) is 11.5. The van der Waals surface area contributed by atoms with Gasteiger partial charge in [-0.1, -0.05) is 30.7 Å². The Morgan fingerprint density at radius 1 is 1.38 bits per heavy atom. The Bertz CT molecular complexity index is 397. The number of carbonyl (C=O) groups excluding carboxylic acids is 1. The molecule has 3 nitrogen and oxygen atoms in total. The number of nitrogens with one attached hydrogen (secondary N) is 2. The standard InChI is InChI=1S/C13H18N2O/c1-4-5-8-14-13(16)15-12-7-6-10(2)9-11(12)3/h5-9H,4H2,1-3H3,(H2,14,15,16)/b8-5+. The second kappa shape index (κ2) is 5.95. The summed E-state index contributed by atoms with van der Waals surface area (Å²) in [5, 5.41) is 5.44. The van der Waals surface area contributed by atoms with Gasteiger partial charge in [-0.05, 0) is 31.9 Å². The van der Waals surface area contributed by atoms with E-state index >= 15 is 0 Å². The molecule has 0 fully saturated rings. The van der Waals surface area contributed by atoms with Crippen LogP contribution in [0, 0.1) is 13.8 Å². The van der Waals surface area contributed by atoms with Crippen LogP contribution in [0.1, 0.15) is 24.5 Å². The van der Waals surface area contributed by atoms with Gasteiger partial charge >= 0.3 is 6.03 Å². The molecule has 2 N–H and O–H groups in total. The van der Waals surface area contributed by atoms with Crippen LogP contribution in [0.25, 0.3) is 0 Å². The number of aryl methyl sites for hydroxylation is 2. The van der Waals surface area contributed by atoms with Crippen LogP contribution in [-0.4, -0.2) is 6.03 Å². The molecule has 0 heterocycles. The molecule has 1 rings (SSSR count). The maximum Gasteiger partial charge on any atom is 0.323 e. The summed E-state index contributed by atoms with van der Waals surface area (Å²) < 4.78 is 0. The first-order valence-electron chi connectivity index (χ1n) is 5.43. The smallest absolute Gasteiger partial charge is 0.315 e. The number of urea groups is 1. The molecule has 0 radical (unpaired) electrons. The van der Waals surface area contributed by atoms with E-state index in [1.54, 1.807) is 6.20 Å². The SMILES string of the molecule is CC/C=C/NC(=O)Nc1ccc(C)cc1C. The van der Waals surface area contributed by atoms with Gasteiger partial charge in [0.2, 0.25) is 0 Å². The zero-order valence-corrected chi connectivity index (χ0v) is 10.0. The number of carbonyl (C=O) groups is 1. The summed E-state index contributed by atoms with van der Waals surface area (Å²) in [5.74, 6) is 0. The molecule has 16 heavy (non-hydrogen) atoms. The lowest BCUT2D eigenvalue weighted by Gasteiger charge is -2.08. The predicted octanol–water partition coefficient (Wildman–Crippen LogP) is 3.35. The van der Waals surface area contributed by atoms with Gasteiger partial charge < -0.3 is 10.6 Å². The molecule has 0 saturated heterocycles. The van der Waals surface area contributed by atoms with E-state index in [4.69, 9.17) is 0 Å². The normalized spacial score (nSPS) is 10.4. The summed E-state index contributed by atoms with van der Waals surface area (Å²) in [6.07, 6.45) is 4.45. The van der Waals surface area contributed by atoms with Crippen molar-refractivity contribution in [1.82, 2.24) is 5.32 Å². The lowest BCUT2D eigenvalue weighted by Crippen LogP contribution is -2.24. The molecule has 0 atom stereocenters. The number of allylic oxidation sites excluding steroid dienone is 1. The highest BCUT2D eigenvalue weighted by Gasteiger charge is 2.01. The average Bonchev–Trinajstić information content (AvgIpc) is 2.23. The fraction of sp³-hybridized carbons (Fsp3) is 0.308. The fourth-order valence-corrected chi connectivity index (χ4v) is 1.36. The minimum absolute atomic E-state index is 0.211. The van der Waals surface area contributed by atoms with Crippen molar-refractivity contribution in [1.29, 1.82) is 0 Å². The topological polar surface area (TPSA) is 41.1 Å². The van der Waals surface area contributed by atoms with E-state index in [1.165, 1.54) is 5.56 Å². The van der Waals surface area contributed by atoms with Crippen LogP contribution >= 0.6 is 0 Å². The van der Waals surface area contributed by atoms with Gasteiger partial charge in [-0.2, -0.15) is 0 Å². The second-order valence-electron chi connectivity index (χ2n) is 3.73. The van der Waals surface area contributed by atoms with Crippen LogP contribution in [0.2, 0.25) is 0 Å². The number of anilines is 1. The Hall–Kier alpha value is -1.77. The first-order valence-corrected chi connectivity index (χ1v) is 5.43. The summed E-state index contributed by atoms with van der Waals surface area (Å²) in [7, 11) is 0. The molecule has 0 aliphatic heterocycles. The largest absolute Gasteiger partial charge is 0.323 e. The molecule has 1 aromatic rings. The predicted molar refractivity (Wildman–Crippen MR) is 67.5 cm³/mol. The van der Waals surface area contributed by atoms with Gasteiger partial charge in [-0.3, -0.25) is 0 Å². The molecular weight excluding hydrogens is 200 g/mol. The minimum Gasteiger partial charge on any atom is -0.315 e. The van der Waals surface area contributed by atoms with Crippen molar-refractivity contribution in [3.63, 3.8) is 0 Å². The highest BCUT2D eigenvalue weighted by molar-refractivity contribution is 5.90. The molecule has 0 bridgehead atoms. The third-order valence-electron chi connectivity index (χ3n) is 2.20. The van der Waals surface area contributed by atoms with Gasteiger partial charge in [0.15, 0.2) is 0 Å². The van der Waals surface area contributed by atoms with E-state index in [9.17, 15) is 4.79 Å².